The van der Waals surface area contributed by atoms with Crippen molar-refractivity contribution in [1.82, 2.24) is 14.6 Å². The van der Waals surface area contributed by atoms with Crippen LogP contribution in [0.1, 0.15) is 61.1 Å². The minimum Gasteiger partial charge on any atom is -0.477 e. The van der Waals surface area contributed by atoms with Gasteiger partial charge in [-0.2, -0.15) is 0 Å². The molecule has 1 saturated carbocycles. The quantitative estimate of drug-likeness (QED) is 0.300. The molecule has 0 amide bonds. The predicted molar refractivity (Wildman–Crippen MR) is 148 cm³/mol. The maximum absolute atomic E-state index is 11.5. The van der Waals surface area contributed by atoms with Gasteiger partial charge < -0.3 is 24.8 Å². The number of carbonyl (C=O) groups is 1. The number of piperidine rings is 1. The van der Waals surface area contributed by atoms with Crippen molar-refractivity contribution in [3.63, 3.8) is 0 Å². The first-order valence-corrected chi connectivity index (χ1v) is 14.2. The van der Waals surface area contributed by atoms with Crippen LogP contribution in [0.15, 0.2) is 53.1 Å². The molecule has 0 radical (unpaired) electrons. The Morgan fingerprint density at radius 3 is 2.54 bits per heavy atom. The molecule has 4 heterocycles. The summed E-state index contributed by atoms with van der Waals surface area (Å²) in [6, 6.07) is 16.1. The van der Waals surface area contributed by atoms with E-state index in [1.807, 2.05) is 36.4 Å². The van der Waals surface area contributed by atoms with Gasteiger partial charge in [-0.25, -0.2) is 4.79 Å². The Hall–Kier alpha value is -2.65. The van der Waals surface area contributed by atoms with E-state index >= 15 is 0 Å². The molecule has 0 spiro atoms. The highest BCUT2D eigenvalue weighted by molar-refractivity contribution is 7.19. The number of benzene rings is 1. The second kappa shape index (κ2) is 11.8. The summed E-state index contributed by atoms with van der Waals surface area (Å²) in [5.74, 6) is -0.352. The van der Waals surface area contributed by atoms with Gasteiger partial charge in [0.25, 0.3) is 0 Å². The van der Waals surface area contributed by atoms with E-state index in [4.69, 9.17) is 21.9 Å². The van der Waals surface area contributed by atoms with Crippen LogP contribution in [0.5, 0.6) is 0 Å². The maximum Gasteiger partial charge on any atom is 0.352 e. The van der Waals surface area contributed by atoms with Gasteiger partial charge in [0.05, 0.1) is 15.8 Å². The first-order valence-electron chi connectivity index (χ1n) is 13.0. The van der Waals surface area contributed by atoms with Crippen molar-refractivity contribution in [3.05, 3.63) is 64.3 Å². The van der Waals surface area contributed by atoms with Crippen LogP contribution in [-0.2, 0) is 6.54 Å². The average molecular weight is 541 g/mol. The molecule has 1 saturated heterocycles. The molecule has 2 aliphatic rings. The second-order valence-corrected chi connectivity index (χ2v) is 11.6. The molecule has 4 aromatic rings. The van der Waals surface area contributed by atoms with Crippen LogP contribution in [0.25, 0.3) is 21.5 Å². The minimum absolute atomic E-state index is 0.222. The topological polar surface area (TPSA) is 97.5 Å². The highest BCUT2D eigenvalue weighted by Crippen LogP contribution is 2.32. The molecule has 2 fully saturated rings. The zero-order chi connectivity index (χ0) is 25.8. The number of aromatic nitrogens is 2. The number of nitrogens with zero attached hydrogens (tertiary/aromatic N) is 3. The van der Waals surface area contributed by atoms with E-state index in [0.29, 0.717) is 28.4 Å². The van der Waals surface area contributed by atoms with Crippen LogP contribution >= 0.6 is 22.9 Å². The van der Waals surface area contributed by atoms with Gasteiger partial charge >= 0.3 is 5.97 Å². The lowest BCUT2D eigenvalue weighted by molar-refractivity contribution is 0.0686. The summed E-state index contributed by atoms with van der Waals surface area (Å²) >= 11 is 7.34. The molecule has 1 aliphatic heterocycles. The average Bonchev–Trinajstić information content (AvgIpc) is 3.65. The number of likely N-dealkylation sites (tertiary alicyclic amines) is 1. The van der Waals surface area contributed by atoms with Crippen molar-refractivity contribution in [3.8, 4) is 10.6 Å². The first kappa shape index (κ1) is 26.0. The van der Waals surface area contributed by atoms with Gasteiger partial charge in [0, 0.05) is 29.1 Å². The van der Waals surface area contributed by atoms with Crippen molar-refractivity contribution in [1.29, 1.82) is 0 Å². The second-order valence-electron chi connectivity index (χ2n) is 9.93. The van der Waals surface area contributed by atoms with Crippen LogP contribution in [0.3, 0.4) is 0 Å². The van der Waals surface area contributed by atoms with Crippen molar-refractivity contribution >= 4 is 39.8 Å². The van der Waals surface area contributed by atoms with Crippen LogP contribution in [0.2, 0.25) is 4.34 Å². The lowest BCUT2D eigenvalue weighted by atomic mass is 9.92. The number of fused-ring (bicyclic) bond motifs is 1. The Morgan fingerprint density at radius 2 is 1.84 bits per heavy atom. The zero-order valence-electron chi connectivity index (χ0n) is 20.8. The number of para-hydroxylation sites is 1. The molecule has 0 atom stereocenters. The Labute approximate surface area is 225 Å². The van der Waals surface area contributed by atoms with E-state index in [9.17, 15) is 9.90 Å². The molecule has 6 rings (SSSR count). The largest absolute Gasteiger partial charge is 0.477 e. The zero-order valence-corrected chi connectivity index (χ0v) is 22.4. The monoisotopic (exact) mass is 540 g/mol. The highest BCUT2D eigenvalue weighted by atomic mass is 35.5. The van der Waals surface area contributed by atoms with Gasteiger partial charge in [0.2, 0.25) is 0 Å². The van der Waals surface area contributed by atoms with E-state index in [2.05, 4.69) is 10.1 Å². The third kappa shape index (κ3) is 6.26. The Morgan fingerprint density at radius 1 is 1.08 bits per heavy atom. The number of hydrogen-bond donors (Lipinski definition) is 2. The molecule has 7 nitrogen and oxygen atoms in total. The fraction of sp³-hybridized carbons (Fsp3) is 0.429. The molecule has 37 heavy (non-hydrogen) atoms. The summed E-state index contributed by atoms with van der Waals surface area (Å²) in [4.78, 5) is 15.1. The lowest BCUT2D eigenvalue weighted by Gasteiger charge is -2.38. The lowest BCUT2D eigenvalue weighted by Crippen LogP contribution is -2.45. The third-order valence-corrected chi connectivity index (χ3v) is 8.64. The van der Waals surface area contributed by atoms with Crippen molar-refractivity contribution in [2.24, 2.45) is 5.73 Å². The van der Waals surface area contributed by atoms with Crippen LogP contribution in [0.4, 0.5) is 0 Å². The van der Waals surface area contributed by atoms with E-state index < -0.39 is 5.97 Å². The van der Waals surface area contributed by atoms with E-state index in [0.717, 1.165) is 21.8 Å². The van der Waals surface area contributed by atoms with Gasteiger partial charge in [-0.15, -0.1) is 11.3 Å². The molecule has 3 N–H and O–H groups in total. The molecule has 1 aromatic carbocycles. The molecule has 3 aromatic heterocycles. The predicted octanol–water partition coefficient (Wildman–Crippen LogP) is 6.50. The van der Waals surface area contributed by atoms with E-state index in [-0.39, 0.29) is 5.69 Å². The molecular formula is C28H33ClN4O3S. The maximum atomic E-state index is 11.5. The summed E-state index contributed by atoms with van der Waals surface area (Å²) in [5, 5.41) is 14.4. The minimum atomic E-state index is -0.972. The molecule has 9 heteroatoms. The molecule has 196 valence electrons. The summed E-state index contributed by atoms with van der Waals surface area (Å²) in [7, 11) is 0. The van der Waals surface area contributed by atoms with Crippen molar-refractivity contribution in [2.45, 2.75) is 63.6 Å². The number of carboxylic acids is 1. The number of rotatable bonds is 5. The molecule has 0 bridgehead atoms. The third-order valence-electron chi connectivity index (χ3n) is 7.39. The molecular weight excluding hydrogens is 508 g/mol. The number of hydrogen-bond acceptors (Lipinski definition) is 6. The number of nitrogens with two attached hydrogens (primary N) is 1. The van der Waals surface area contributed by atoms with Gasteiger partial charge in [0.1, 0.15) is 11.4 Å². The smallest absolute Gasteiger partial charge is 0.352 e. The standard InChI is InChI=1S/C17H11ClN2O3S.C11H22N2/c18-16-6-5-15(24-16)14-8-11(19-23-14)9-20-12-4-2-1-3-10(12)7-13(20)17(21)22;12-10-6-8-13(9-7-10)11-4-2-1-3-5-11/h1-8H,9H2,(H,21,22);10-11H,1-9,12H2. The number of aromatic carboxylic acids is 1. The van der Waals surface area contributed by atoms with Gasteiger partial charge in [-0.05, 0) is 63.0 Å². The van der Waals surface area contributed by atoms with E-state index in [1.165, 1.54) is 69.4 Å². The summed E-state index contributed by atoms with van der Waals surface area (Å²) in [6.07, 6.45) is 9.68. The summed E-state index contributed by atoms with van der Waals surface area (Å²) < 4.78 is 7.76. The number of thiophene rings is 1. The van der Waals surface area contributed by atoms with Gasteiger partial charge in [-0.3, -0.25) is 0 Å². The first-order chi connectivity index (χ1) is 18.0. The Kier molecular flexibility index (Phi) is 8.30. The number of carboxylic acid groups (broad SMARTS) is 1. The molecule has 0 unspecified atom stereocenters. The van der Waals surface area contributed by atoms with Crippen molar-refractivity contribution in [2.75, 3.05) is 13.1 Å². The van der Waals surface area contributed by atoms with Crippen LogP contribution in [0, 0.1) is 0 Å². The number of halogens is 1. The van der Waals surface area contributed by atoms with Gasteiger partial charge in [0.15, 0.2) is 5.76 Å². The van der Waals surface area contributed by atoms with Crippen molar-refractivity contribution < 1.29 is 14.4 Å². The van der Waals surface area contributed by atoms with Crippen LogP contribution in [-0.4, -0.2) is 50.9 Å². The Bertz CT molecular complexity index is 1330. The van der Waals surface area contributed by atoms with E-state index in [1.54, 1.807) is 16.7 Å². The SMILES string of the molecule is NC1CCN(C2CCCCC2)CC1.O=C(O)c1cc2ccccc2n1Cc1cc(-c2ccc(Cl)s2)on1. The normalized spacial score (nSPS) is 17.6. The van der Waals surface area contributed by atoms with Gasteiger partial charge in [-0.1, -0.05) is 54.2 Å². The molecule has 1 aliphatic carbocycles. The van der Waals surface area contributed by atoms with Crippen LogP contribution < -0.4 is 5.73 Å². The summed E-state index contributed by atoms with van der Waals surface area (Å²) in [6.45, 7) is 2.83. The Balaban J connectivity index is 0.000000182. The highest BCUT2D eigenvalue weighted by Gasteiger charge is 2.24. The fourth-order valence-electron chi connectivity index (χ4n) is 5.40. The fourth-order valence-corrected chi connectivity index (χ4v) is 6.39. The summed E-state index contributed by atoms with van der Waals surface area (Å²) in [5.41, 5.74) is 7.62.